The second-order valence-corrected chi connectivity index (χ2v) is 3.31. The summed E-state index contributed by atoms with van der Waals surface area (Å²) in [6.07, 6.45) is 6.25. The third kappa shape index (κ3) is 2.88. The van der Waals surface area contributed by atoms with Crippen molar-refractivity contribution >= 4 is 5.69 Å². The van der Waals surface area contributed by atoms with Crippen molar-refractivity contribution in [1.29, 1.82) is 0 Å². The molecule has 5 nitrogen and oxygen atoms in total. The van der Waals surface area contributed by atoms with Crippen molar-refractivity contribution in [3.63, 3.8) is 0 Å². The van der Waals surface area contributed by atoms with E-state index in [0.29, 0.717) is 18.6 Å². The van der Waals surface area contributed by atoms with Gasteiger partial charge in [0, 0.05) is 12.5 Å². The Labute approximate surface area is 99.5 Å². The maximum atomic E-state index is 10.9. The molecule has 0 saturated heterocycles. The number of nitrogens with zero attached hydrogens (tertiary/aromatic N) is 1. The number of methoxy groups -OCH3 is 2. The molecule has 0 bridgehead atoms. The summed E-state index contributed by atoms with van der Waals surface area (Å²) in [6, 6.07) is 3.15. The number of hydrogen-bond acceptors (Lipinski definition) is 4. The molecule has 5 heteroatoms. The number of nitro benzene ring substituents is 1. The van der Waals surface area contributed by atoms with Crippen LogP contribution in [-0.2, 0) is 6.42 Å². The molecular formula is C12H13NO4. The second-order valence-electron chi connectivity index (χ2n) is 3.31. The average Bonchev–Trinajstić information content (AvgIpc) is 2.34. The van der Waals surface area contributed by atoms with Crippen molar-refractivity contribution in [1.82, 2.24) is 0 Å². The van der Waals surface area contributed by atoms with E-state index in [2.05, 4.69) is 5.92 Å². The Morgan fingerprint density at radius 2 is 2.12 bits per heavy atom. The Kier molecular flexibility index (Phi) is 4.35. The zero-order chi connectivity index (χ0) is 12.8. The minimum Gasteiger partial charge on any atom is -0.493 e. The Morgan fingerprint density at radius 3 is 2.59 bits per heavy atom. The molecule has 1 aromatic rings. The Bertz CT molecular complexity index is 462. The molecule has 0 atom stereocenters. The molecule has 17 heavy (non-hydrogen) atoms. The van der Waals surface area contributed by atoms with Gasteiger partial charge in [0.05, 0.1) is 19.1 Å². The van der Waals surface area contributed by atoms with Gasteiger partial charge in [0.15, 0.2) is 5.75 Å². The summed E-state index contributed by atoms with van der Waals surface area (Å²) in [6.45, 7) is 0. The lowest BCUT2D eigenvalue weighted by Crippen LogP contribution is -1.99. The first-order chi connectivity index (χ1) is 8.13. The minimum atomic E-state index is -0.499. The number of terminal acetylenes is 1. The van der Waals surface area contributed by atoms with Crippen LogP contribution in [0.4, 0.5) is 5.69 Å². The first-order valence-electron chi connectivity index (χ1n) is 4.96. The highest BCUT2D eigenvalue weighted by Crippen LogP contribution is 2.38. The van der Waals surface area contributed by atoms with Crippen molar-refractivity contribution in [2.24, 2.45) is 0 Å². The van der Waals surface area contributed by atoms with Crippen LogP contribution >= 0.6 is 0 Å². The van der Waals surface area contributed by atoms with Gasteiger partial charge in [0.1, 0.15) is 0 Å². The zero-order valence-corrected chi connectivity index (χ0v) is 9.73. The molecule has 1 rings (SSSR count). The monoisotopic (exact) mass is 235 g/mol. The van der Waals surface area contributed by atoms with E-state index >= 15 is 0 Å². The highest BCUT2D eigenvalue weighted by molar-refractivity contribution is 5.58. The van der Waals surface area contributed by atoms with Crippen LogP contribution in [0.5, 0.6) is 11.5 Å². The van der Waals surface area contributed by atoms with Gasteiger partial charge >= 0.3 is 5.69 Å². The molecule has 0 unspecified atom stereocenters. The van der Waals surface area contributed by atoms with E-state index < -0.39 is 4.92 Å². The number of nitro groups is 1. The summed E-state index contributed by atoms with van der Waals surface area (Å²) >= 11 is 0. The van der Waals surface area contributed by atoms with E-state index in [4.69, 9.17) is 15.9 Å². The van der Waals surface area contributed by atoms with Crippen LogP contribution in [0.15, 0.2) is 12.1 Å². The van der Waals surface area contributed by atoms with Crippen molar-refractivity contribution in [3.05, 3.63) is 27.8 Å². The molecule has 0 aliphatic heterocycles. The van der Waals surface area contributed by atoms with E-state index in [0.717, 1.165) is 5.56 Å². The summed E-state index contributed by atoms with van der Waals surface area (Å²) in [5.41, 5.74) is 0.645. The van der Waals surface area contributed by atoms with Gasteiger partial charge in [-0.1, -0.05) is 0 Å². The summed E-state index contributed by atoms with van der Waals surface area (Å²) < 4.78 is 10.0. The molecule has 0 amide bonds. The summed E-state index contributed by atoms with van der Waals surface area (Å²) in [5.74, 6) is 2.96. The van der Waals surface area contributed by atoms with Gasteiger partial charge in [0.2, 0.25) is 5.75 Å². The SMILES string of the molecule is C#CCCc1cc(OC)c(OC)c([N+](=O)[O-])c1. The lowest BCUT2D eigenvalue weighted by Gasteiger charge is -2.09. The third-order valence-electron chi connectivity index (χ3n) is 2.27. The van der Waals surface area contributed by atoms with Crippen LogP contribution in [0.2, 0.25) is 0 Å². The first-order valence-corrected chi connectivity index (χ1v) is 4.96. The second kappa shape index (κ2) is 5.75. The number of benzene rings is 1. The predicted molar refractivity (Wildman–Crippen MR) is 63.4 cm³/mol. The fourth-order valence-corrected chi connectivity index (χ4v) is 1.50. The molecule has 0 aliphatic carbocycles. The summed E-state index contributed by atoms with van der Waals surface area (Å²) in [4.78, 5) is 10.4. The fraction of sp³-hybridized carbons (Fsp3) is 0.333. The minimum absolute atomic E-state index is 0.112. The molecule has 0 aliphatic rings. The van der Waals surface area contributed by atoms with Gasteiger partial charge in [-0.15, -0.1) is 12.3 Å². The maximum absolute atomic E-state index is 10.9. The van der Waals surface area contributed by atoms with Crippen molar-refractivity contribution < 1.29 is 14.4 Å². The topological polar surface area (TPSA) is 61.6 Å². The molecule has 0 saturated carbocycles. The standard InChI is InChI=1S/C12H13NO4/c1-4-5-6-9-7-10(13(14)15)12(17-3)11(8-9)16-2/h1,7-8H,5-6H2,2-3H3. The van der Waals surface area contributed by atoms with Crippen LogP contribution in [-0.4, -0.2) is 19.1 Å². The molecule has 90 valence electrons. The lowest BCUT2D eigenvalue weighted by atomic mass is 10.1. The van der Waals surface area contributed by atoms with Gasteiger partial charge in [-0.25, -0.2) is 0 Å². The van der Waals surface area contributed by atoms with E-state index in [9.17, 15) is 10.1 Å². The lowest BCUT2D eigenvalue weighted by molar-refractivity contribution is -0.385. The van der Waals surface area contributed by atoms with Gasteiger partial charge in [0.25, 0.3) is 0 Å². The fourth-order valence-electron chi connectivity index (χ4n) is 1.50. The maximum Gasteiger partial charge on any atom is 0.315 e. The highest BCUT2D eigenvalue weighted by atomic mass is 16.6. The van der Waals surface area contributed by atoms with E-state index in [1.807, 2.05) is 0 Å². The van der Waals surface area contributed by atoms with Gasteiger partial charge in [-0.2, -0.15) is 0 Å². The van der Waals surface area contributed by atoms with Gasteiger partial charge in [-0.3, -0.25) is 10.1 Å². The zero-order valence-electron chi connectivity index (χ0n) is 9.73. The number of ether oxygens (including phenoxy) is 2. The predicted octanol–water partition coefficient (Wildman–Crippen LogP) is 2.18. The Balaban J connectivity index is 3.25. The molecule has 0 radical (unpaired) electrons. The molecule has 0 aromatic heterocycles. The average molecular weight is 235 g/mol. The van der Waals surface area contributed by atoms with E-state index in [-0.39, 0.29) is 11.4 Å². The van der Waals surface area contributed by atoms with Crippen molar-refractivity contribution in [2.45, 2.75) is 12.8 Å². The molecule has 0 heterocycles. The smallest absolute Gasteiger partial charge is 0.315 e. The third-order valence-corrected chi connectivity index (χ3v) is 2.27. The largest absolute Gasteiger partial charge is 0.493 e. The van der Waals surface area contributed by atoms with Crippen LogP contribution in [0.25, 0.3) is 0 Å². The van der Waals surface area contributed by atoms with Crippen LogP contribution in [0.3, 0.4) is 0 Å². The Morgan fingerprint density at radius 1 is 1.41 bits per heavy atom. The summed E-state index contributed by atoms with van der Waals surface area (Å²) in [7, 11) is 2.80. The van der Waals surface area contributed by atoms with Crippen molar-refractivity contribution in [3.8, 4) is 23.8 Å². The van der Waals surface area contributed by atoms with E-state index in [1.54, 1.807) is 6.07 Å². The first kappa shape index (κ1) is 12.8. The summed E-state index contributed by atoms with van der Waals surface area (Å²) in [5, 5.41) is 10.9. The van der Waals surface area contributed by atoms with Crippen molar-refractivity contribution in [2.75, 3.05) is 14.2 Å². The van der Waals surface area contributed by atoms with Crippen LogP contribution in [0.1, 0.15) is 12.0 Å². The van der Waals surface area contributed by atoms with Gasteiger partial charge in [-0.05, 0) is 18.1 Å². The quantitative estimate of drug-likeness (QED) is 0.446. The molecular weight excluding hydrogens is 222 g/mol. The molecule has 0 spiro atoms. The van der Waals surface area contributed by atoms with Gasteiger partial charge < -0.3 is 9.47 Å². The number of aryl methyl sites for hydroxylation is 1. The highest BCUT2D eigenvalue weighted by Gasteiger charge is 2.21. The molecule has 0 fully saturated rings. The Hall–Kier alpha value is -2.22. The van der Waals surface area contributed by atoms with Crippen LogP contribution in [0, 0.1) is 22.5 Å². The van der Waals surface area contributed by atoms with Crippen LogP contribution < -0.4 is 9.47 Å². The molecule has 0 N–H and O–H groups in total. The normalized spacial score (nSPS) is 9.47. The number of hydrogen-bond donors (Lipinski definition) is 0. The van der Waals surface area contributed by atoms with E-state index in [1.165, 1.54) is 20.3 Å². The number of rotatable bonds is 5. The molecule has 1 aromatic carbocycles.